The number of hydrogen-bond acceptors (Lipinski definition) is 5. The summed E-state index contributed by atoms with van der Waals surface area (Å²) in [6.45, 7) is 18.7. The van der Waals surface area contributed by atoms with Crippen LogP contribution >= 0.6 is 0 Å². The lowest BCUT2D eigenvalue weighted by atomic mass is 9.43. The SMILES string of the molecule is C[C@H](CCC(=O)O)[C@H]1CC[C@H]2[C@@H]3[C@@H](OS(C)(=O)=O)CC4C[C@H](O[Si](C)(C)C(C)(C)C)CC[C@]4(C)[C@H]3CC[C@]12C. The smallest absolute Gasteiger partial charge is 0.303 e. The minimum absolute atomic E-state index is 0.115. The van der Waals surface area contributed by atoms with Crippen molar-refractivity contribution in [3.05, 3.63) is 0 Å². The zero-order valence-electron chi connectivity index (χ0n) is 26.1. The number of hydrogen-bond donors (Lipinski definition) is 1. The fraction of sp³-hybridized carbons (Fsp3) is 0.968. The maximum Gasteiger partial charge on any atom is 0.303 e. The van der Waals surface area contributed by atoms with Gasteiger partial charge in [-0.25, -0.2) is 0 Å². The zero-order valence-corrected chi connectivity index (χ0v) is 27.9. The molecule has 0 aromatic rings. The Balaban J connectivity index is 1.60. The van der Waals surface area contributed by atoms with E-state index in [9.17, 15) is 18.3 Å². The first-order valence-corrected chi connectivity index (χ1v) is 20.3. The van der Waals surface area contributed by atoms with E-state index in [1.165, 1.54) is 6.26 Å². The van der Waals surface area contributed by atoms with Gasteiger partial charge in [0, 0.05) is 12.5 Å². The molecule has 0 aliphatic heterocycles. The maximum absolute atomic E-state index is 12.6. The third-order valence-electron chi connectivity index (χ3n) is 12.8. The van der Waals surface area contributed by atoms with Gasteiger partial charge in [-0.1, -0.05) is 41.5 Å². The highest BCUT2D eigenvalue weighted by atomic mass is 32.2. The molecule has 1 unspecified atom stereocenters. The predicted octanol–water partition coefficient (Wildman–Crippen LogP) is 7.49. The molecule has 4 saturated carbocycles. The van der Waals surface area contributed by atoms with E-state index in [-0.39, 0.29) is 40.4 Å². The summed E-state index contributed by atoms with van der Waals surface area (Å²) >= 11 is 0. The Morgan fingerprint density at radius 3 is 2.23 bits per heavy atom. The lowest BCUT2D eigenvalue weighted by molar-refractivity contribution is -0.166. The van der Waals surface area contributed by atoms with Crippen molar-refractivity contribution >= 4 is 24.4 Å². The molecule has 0 aromatic heterocycles. The fourth-order valence-electron chi connectivity index (χ4n) is 9.71. The number of carboxylic acids is 1. The molecule has 0 aromatic carbocycles. The summed E-state index contributed by atoms with van der Waals surface area (Å²) in [4.78, 5) is 11.3. The Hall–Kier alpha value is -0.443. The first-order chi connectivity index (χ1) is 17.8. The van der Waals surface area contributed by atoms with Crippen LogP contribution in [0.4, 0.5) is 0 Å². The summed E-state index contributed by atoms with van der Waals surface area (Å²) in [5, 5.41) is 9.45. The molecule has 4 fully saturated rings. The third kappa shape index (κ3) is 6.05. The number of aliphatic carboxylic acids is 1. The van der Waals surface area contributed by atoms with E-state index in [1.54, 1.807) is 0 Å². The summed E-state index contributed by atoms with van der Waals surface area (Å²) in [5.41, 5.74) is 0.299. The van der Waals surface area contributed by atoms with Crippen LogP contribution in [-0.4, -0.2) is 46.3 Å². The van der Waals surface area contributed by atoms with Gasteiger partial charge >= 0.3 is 5.97 Å². The van der Waals surface area contributed by atoms with Crippen molar-refractivity contribution in [2.45, 2.75) is 136 Å². The minimum atomic E-state index is -3.58. The first kappa shape index (κ1) is 31.5. The Labute approximate surface area is 239 Å². The monoisotopic (exact) mass is 584 g/mol. The second-order valence-corrected chi connectivity index (χ2v) is 22.3. The molecule has 0 spiro atoms. The Kier molecular flexibility index (Phi) is 8.62. The summed E-state index contributed by atoms with van der Waals surface area (Å²) in [6, 6.07) is 0. The van der Waals surface area contributed by atoms with Crippen molar-refractivity contribution in [3.8, 4) is 0 Å². The highest BCUT2D eigenvalue weighted by Crippen LogP contribution is 2.69. The standard InChI is InChI=1S/C31H56O6SSi/c1-20(10-13-27(32)33)23-11-12-24-28-25(15-17-31(23,24)6)30(5)16-14-22(37-39(8,9)29(2,3)4)18-21(30)19-26(28)36-38(7,34)35/h20-26,28H,10-19H2,1-9H3,(H,32,33)/t20-,21?,22-,23-,24+,25+,26+,28+,30+,31-/m1/s1. The van der Waals surface area contributed by atoms with Crippen molar-refractivity contribution in [3.63, 3.8) is 0 Å². The van der Waals surface area contributed by atoms with Gasteiger partial charge in [-0.2, -0.15) is 8.42 Å². The lowest BCUT2D eigenvalue weighted by Gasteiger charge is -2.63. The van der Waals surface area contributed by atoms with Gasteiger partial charge in [0.2, 0.25) is 0 Å². The van der Waals surface area contributed by atoms with Crippen molar-refractivity contribution in [1.82, 2.24) is 0 Å². The zero-order chi connectivity index (χ0) is 29.2. The highest BCUT2D eigenvalue weighted by molar-refractivity contribution is 7.86. The first-order valence-electron chi connectivity index (χ1n) is 15.6. The van der Waals surface area contributed by atoms with Crippen molar-refractivity contribution < 1.29 is 26.9 Å². The van der Waals surface area contributed by atoms with Gasteiger partial charge in [0.15, 0.2) is 8.32 Å². The normalized spacial score (nSPS) is 41.8. The lowest BCUT2D eigenvalue weighted by Crippen LogP contribution is -2.60. The van der Waals surface area contributed by atoms with Crippen LogP contribution in [0.2, 0.25) is 18.1 Å². The molecule has 4 aliphatic carbocycles. The van der Waals surface area contributed by atoms with Gasteiger partial charge in [0.05, 0.1) is 12.4 Å². The molecule has 39 heavy (non-hydrogen) atoms. The van der Waals surface area contributed by atoms with E-state index >= 15 is 0 Å². The van der Waals surface area contributed by atoms with Crippen LogP contribution in [0, 0.1) is 46.3 Å². The fourth-order valence-corrected chi connectivity index (χ4v) is 11.8. The second-order valence-electron chi connectivity index (χ2n) is 16.0. The van der Waals surface area contributed by atoms with Crippen molar-refractivity contribution in [1.29, 1.82) is 0 Å². The van der Waals surface area contributed by atoms with Crippen LogP contribution in [0.1, 0.15) is 106 Å². The van der Waals surface area contributed by atoms with Crippen LogP contribution in [0.3, 0.4) is 0 Å². The molecular weight excluding hydrogens is 528 g/mol. The van der Waals surface area contributed by atoms with Gasteiger partial charge < -0.3 is 9.53 Å². The average molecular weight is 585 g/mol. The van der Waals surface area contributed by atoms with Crippen LogP contribution in [0.5, 0.6) is 0 Å². The molecular formula is C31H56O6SSi. The summed E-state index contributed by atoms with van der Waals surface area (Å²) < 4.78 is 38.1. The number of carbonyl (C=O) groups is 1. The van der Waals surface area contributed by atoms with Crippen LogP contribution < -0.4 is 0 Å². The number of fused-ring (bicyclic) bond motifs is 5. The van der Waals surface area contributed by atoms with Gasteiger partial charge in [-0.05, 0) is 122 Å². The summed E-state index contributed by atoms with van der Waals surface area (Å²) in [7, 11) is -5.47. The predicted molar refractivity (Wildman–Crippen MR) is 158 cm³/mol. The van der Waals surface area contributed by atoms with Crippen LogP contribution in [-0.2, 0) is 23.5 Å². The topological polar surface area (TPSA) is 89.9 Å². The molecule has 6 nitrogen and oxygen atoms in total. The second kappa shape index (κ2) is 10.7. The number of rotatable bonds is 8. The van der Waals surface area contributed by atoms with E-state index in [1.807, 2.05) is 0 Å². The molecule has 0 amide bonds. The molecule has 8 heteroatoms. The van der Waals surface area contributed by atoms with Crippen molar-refractivity contribution in [2.75, 3.05) is 6.26 Å². The molecule has 10 atom stereocenters. The maximum atomic E-state index is 12.6. The third-order valence-corrected chi connectivity index (χ3v) is 17.9. The van der Waals surface area contributed by atoms with E-state index in [0.29, 0.717) is 29.6 Å². The van der Waals surface area contributed by atoms with E-state index < -0.39 is 24.4 Å². The van der Waals surface area contributed by atoms with E-state index in [2.05, 4.69) is 54.6 Å². The highest BCUT2D eigenvalue weighted by Gasteiger charge is 2.64. The summed E-state index contributed by atoms with van der Waals surface area (Å²) in [5.74, 6) is 1.67. The van der Waals surface area contributed by atoms with E-state index in [0.717, 1.165) is 57.8 Å². The van der Waals surface area contributed by atoms with Crippen molar-refractivity contribution in [2.24, 2.45) is 46.3 Å². The quantitative estimate of drug-likeness (QED) is 0.235. The number of carboxylic acid groups (broad SMARTS) is 1. The average Bonchev–Trinajstić information content (AvgIpc) is 3.13. The van der Waals surface area contributed by atoms with Gasteiger partial charge in [-0.15, -0.1) is 0 Å². The van der Waals surface area contributed by atoms with Crippen LogP contribution in [0.25, 0.3) is 0 Å². The molecule has 1 N–H and O–H groups in total. The molecule has 0 radical (unpaired) electrons. The molecule has 4 rings (SSSR count). The Morgan fingerprint density at radius 2 is 1.64 bits per heavy atom. The summed E-state index contributed by atoms with van der Waals surface area (Å²) in [6.07, 6.45) is 10.7. The largest absolute Gasteiger partial charge is 0.481 e. The molecule has 0 bridgehead atoms. The Bertz CT molecular complexity index is 1020. The van der Waals surface area contributed by atoms with Gasteiger partial charge in [0.1, 0.15) is 0 Å². The van der Waals surface area contributed by atoms with Gasteiger partial charge in [0.25, 0.3) is 10.1 Å². The molecule has 0 saturated heterocycles. The Morgan fingerprint density at radius 1 is 1.03 bits per heavy atom. The molecule has 0 heterocycles. The molecule has 4 aliphatic rings. The van der Waals surface area contributed by atoms with E-state index in [4.69, 9.17) is 8.61 Å². The minimum Gasteiger partial charge on any atom is -0.481 e. The van der Waals surface area contributed by atoms with Gasteiger partial charge in [-0.3, -0.25) is 8.98 Å². The molecule has 226 valence electrons. The van der Waals surface area contributed by atoms with Crippen LogP contribution in [0.15, 0.2) is 0 Å².